The molecule has 1 saturated heterocycles. The molecule has 0 radical (unpaired) electrons. The van der Waals surface area contributed by atoms with Gasteiger partial charge in [-0.2, -0.15) is 0 Å². The van der Waals surface area contributed by atoms with Crippen LogP contribution >= 0.6 is 22.9 Å². The number of nitro benzene ring substituents is 1. The zero-order valence-electron chi connectivity index (χ0n) is 16.9. The minimum absolute atomic E-state index is 0.0706. The number of nitro groups is 1. The Morgan fingerprint density at radius 1 is 1.06 bits per heavy atom. The number of carbonyl (C=O) groups is 3. The van der Waals surface area contributed by atoms with Crippen molar-refractivity contribution >= 4 is 56.5 Å². The number of rotatable bonds is 4. The molecule has 0 saturated carbocycles. The lowest BCUT2D eigenvalue weighted by Crippen LogP contribution is -2.53. The summed E-state index contributed by atoms with van der Waals surface area (Å²) in [4.78, 5) is 51.5. The van der Waals surface area contributed by atoms with Crippen LogP contribution in [0.1, 0.15) is 22.5 Å². The molecule has 4 rings (SSSR count). The first-order valence-corrected chi connectivity index (χ1v) is 11.3. The number of nitrogens with zero attached hydrogens (tertiary/aromatic N) is 3. The van der Waals surface area contributed by atoms with Gasteiger partial charge in [0.2, 0.25) is 5.91 Å². The third kappa shape index (κ3) is 4.07. The van der Waals surface area contributed by atoms with Gasteiger partial charge in [0, 0.05) is 48.4 Å². The Kier molecular flexibility index (Phi) is 6.16. The van der Waals surface area contributed by atoms with Crippen molar-refractivity contribution in [1.29, 1.82) is 0 Å². The number of aliphatic carboxylic acids is 1. The van der Waals surface area contributed by atoms with Gasteiger partial charge in [0.05, 0.1) is 21.8 Å². The van der Waals surface area contributed by atoms with E-state index in [4.69, 9.17) is 11.6 Å². The SMILES string of the molecule is O=C(O)[C@H]1CC=CC[C@H]1C(=O)N1CCN(C(=O)c2sc3cc([N+](=O)[O-])ccc3c2Cl)CC1. The van der Waals surface area contributed by atoms with Crippen LogP contribution in [0, 0.1) is 22.0 Å². The van der Waals surface area contributed by atoms with E-state index in [1.807, 2.05) is 6.08 Å². The number of non-ortho nitro benzene ring substituents is 1. The molecule has 0 unspecified atom stereocenters. The Bertz CT molecular complexity index is 1140. The van der Waals surface area contributed by atoms with Gasteiger partial charge in [0.15, 0.2) is 0 Å². The molecule has 1 aliphatic heterocycles. The number of hydrogen-bond acceptors (Lipinski definition) is 6. The number of halogens is 1. The topological polar surface area (TPSA) is 121 Å². The Labute approximate surface area is 192 Å². The smallest absolute Gasteiger partial charge is 0.307 e. The van der Waals surface area contributed by atoms with E-state index in [1.165, 1.54) is 18.2 Å². The highest BCUT2D eigenvalue weighted by Gasteiger charge is 2.37. The second-order valence-corrected chi connectivity index (χ2v) is 9.22. The summed E-state index contributed by atoms with van der Waals surface area (Å²) in [5, 5.41) is 21.3. The fraction of sp³-hybridized carbons (Fsp3) is 0.381. The summed E-state index contributed by atoms with van der Waals surface area (Å²) < 4.78 is 0.562. The highest BCUT2D eigenvalue weighted by atomic mass is 35.5. The number of carboxylic acids is 1. The van der Waals surface area contributed by atoms with Crippen LogP contribution in [0.3, 0.4) is 0 Å². The van der Waals surface area contributed by atoms with Crippen LogP contribution in [0.2, 0.25) is 5.02 Å². The average Bonchev–Trinajstić information content (AvgIpc) is 3.14. The minimum atomic E-state index is -0.971. The maximum atomic E-state index is 13.1. The van der Waals surface area contributed by atoms with Crippen LogP contribution in [0.15, 0.2) is 30.4 Å². The Morgan fingerprint density at radius 3 is 2.31 bits per heavy atom. The molecule has 11 heteroatoms. The lowest BCUT2D eigenvalue weighted by atomic mass is 9.82. The molecule has 1 aromatic carbocycles. The number of benzene rings is 1. The summed E-state index contributed by atoms with van der Waals surface area (Å²) >= 11 is 7.51. The molecule has 2 atom stereocenters. The third-order valence-corrected chi connectivity index (χ3v) is 7.61. The van der Waals surface area contributed by atoms with Crippen LogP contribution in [-0.2, 0) is 9.59 Å². The monoisotopic (exact) mass is 477 g/mol. The van der Waals surface area contributed by atoms with E-state index in [0.717, 1.165) is 11.3 Å². The molecule has 1 fully saturated rings. The summed E-state index contributed by atoms with van der Waals surface area (Å²) in [6, 6.07) is 4.29. The van der Waals surface area contributed by atoms with Gasteiger partial charge in [-0.3, -0.25) is 24.5 Å². The number of amides is 2. The predicted molar refractivity (Wildman–Crippen MR) is 119 cm³/mol. The molecule has 2 heterocycles. The number of thiophene rings is 1. The lowest BCUT2D eigenvalue weighted by molar-refractivity contribution is -0.384. The van der Waals surface area contributed by atoms with Crippen molar-refractivity contribution in [2.24, 2.45) is 11.8 Å². The van der Waals surface area contributed by atoms with Crippen molar-refractivity contribution in [2.75, 3.05) is 26.2 Å². The van der Waals surface area contributed by atoms with E-state index in [1.54, 1.807) is 15.9 Å². The molecule has 9 nitrogen and oxygen atoms in total. The summed E-state index contributed by atoms with van der Waals surface area (Å²) in [6.07, 6.45) is 4.38. The first-order chi connectivity index (χ1) is 15.3. The molecule has 0 bridgehead atoms. The van der Waals surface area contributed by atoms with Crippen LogP contribution in [0.25, 0.3) is 10.1 Å². The van der Waals surface area contributed by atoms with Crippen molar-refractivity contribution in [1.82, 2.24) is 9.80 Å². The van der Waals surface area contributed by atoms with Crippen molar-refractivity contribution in [3.8, 4) is 0 Å². The molecule has 1 aliphatic carbocycles. The second kappa shape index (κ2) is 8.87. The summed E-state index contributed by atoms with van der Waals surface area (Å²) in [5.41, 5.74) is -0.0706. The fourth-order valence-corrected chi connectivity index (χ4v) is 5.69. The van der Waals surface area contributed by atoms with E-state index in [9.17, 15) is 29.6 Å². The molecule has 32 heavy (non-hydrogen) atoms. The van der Waals surface area contributed by atoms with Crippen LogP contribution in [0.5, 0.6) is 0 Å². The van der Waals surface area contributed by atoms with Crippen molar-refractivity contribution in [3.05, 3.63) is 50.4 Å². The van der Waals surface area contributed by atoms with Gasteiger partial charge in [-0.1, -0.05) is 23.8 Å². The van der Waals surface area contributed by atoms with E-state index in [2.05, 4.69) is 0 Å². The normalized spacial score (nSPS) is 21.0. The largest absolute Gasteiger partial charge is 0.481 e. The molecule has 0 spiro atoms. The molecule has 2 aliphatic rings. The summed E-state index contributed by atoms with van der Waals surface area (Å²) in [7, 11) is 0. The first kappa shape index (κ1) is 22.2. The van der Waals surface area contributed by atoms with Crippen LogP contribution in [0.4, 0.5) is 5.69 Å². The number of piperazine rings is 1. The maximum absolute atomic E-state index is 13.1. The van der Waals surface area contributed by atoms with Crippen LogP contribution in [-0.4, -0.2) is 63.8 Å². The maximum Gasteiger partial charge on any atom is 0.307 e. The van der Waals surface area contributed by atoms with Gasteiger partial charge >= 0.3 is 5.97 Å². The Balaban J connectivity index is 1.45. The third-order valence-electron chi connectivity index (χ3n) is 5.96. The summed E-state index contributed by atoms with van der Waals surface area (Å²) in [6.45, 7) is 1.22. The zero-order chi connectivity index (χ0) is 23.0. The molecular weight excluding hydrogens is 458 g/mol. The zero-order valence-corrected chi connectivity index (χ0v) is 18.5. The van der Waals surface area contributed by atoms with Gasteiger partial charge in [-0.15, -0.1) is 11.3 Å². The molecule has 168 valence electrons. The minimum Gasteiger partial charge on any atom is -0.481 e. The van der Waals surface area contributed by atoms with Gasteiger partial charge in [-0.05, 0) is 18.9 Å². The van der Waals surface area contributed by atoms with E-state index >= 15 is 0 Å². The number of allylic oxidation sites excluding steroid dienone is 2. The van der Waals surface area contributed by atoms with E-state index < -0.39 is 22.7 Å². The average molecular weight is 478 g/mol. The molecular formula is C21H20ClN3O6S. The lowest BCUT2D eigenvalue weighted by Gasteiger charge is -2.37. The molecule has 2 amide bonds. The highest BCUT2D eigenvalue weighted by molar-refractivity contribution is 7.21. The number of hydrogen-bond donors (Lipinski definition) is 1. The highest BCUT2D eigenvalue weighted by Crippen LogP contribution is 2.38. The van der Waals surface area contributed by atoms with Crippen molar-refractivity contribution < 1.29 is 24.4 Å². The molecule has 1 N–H and O–H groups in total. The molecule has 2 aromatic rings. The van der Waals surface area contributed by atoms with E-state index in [-0.39, 0.29) is 22.5 Å². The standard InChI is InChI=1S/C21H20ClN3O6S/c22-17-15-6-5-12(25(30)31)11-16(15)32-18(17)20(27)24-9-7-23(8-10-24)19(26)13-3-1-2-4-14(13)21(28)29/h1-2,5-6,11,13-14H,3-4,7-10H2,(H,28,29)/t13-,14+/m1/s1. The number of carboxylic acid groups (broad SMARTS) is 1. The van der Waals surface area contributed by atoms with Gasteiger partial charge < -0.3 is 14.9 Å². The number of carbonyl (C=O) groups excluding carboxylic acids is 2. The Morgan fingerprint density at radius 2 is 1.69 bits per heavy atom. The van der Waals surface area contributed by atoms with Gasteiger partial charge in [-0.25, -0.2) is 0 Å². The number of fused-ring (bicyclic) bond motifs is 1. The first-order valence-electron chi connectivity index (χ1n) is 10.1. The molecule has 1 aromatic heterocycles. The van der Waals surface area contributed by atoms with Gasteiger partial charge in [0.25, 0.3) is 11.6 Å². The predicted octanol–water partition coefficient (Wildman–Crippen LogP) is 3.41. The van der Waals surface area contributed by atoms with E-state index in [0.29, 0.717) is 54.0 Å². The fourth-order valence-electron chi connectivity index (χ4n) is 4.17. The second-order valence-electron chi connectivity index (χ2n) is 7.79. The van der Waals surface area contributed by atoms with Crippen molar-refractivity contribution in [3.63, 3.8) is 0 Å². The summed E-state index contributed by atoms with van der Waals surface area (Å²) in [5.74, 6) is -2.77. The van der Waals surface area contributed by atoms with Gasteiger partial charge in [0.1, 0.15) is 4.88 Å². The van der Waals surface area contributed by atoms with Crippen LogP contribution < -0.4 is 0 Å². The quantitative estimate of drug-likeness (QED) is 0.409. The van der Waals surface area contributed by atoms with Crippen molar-refractivity contribution in [2.45, 2.75) is 12.8 Å². The Hall–Kier alpha value is -2.98.